The van der Waals surface area contributed by atoms with Crippen molar-refractivity contribution in [1.82, 2.24) is 15.1 Å². The zero-order valence-electron chi connectivity index (χ0n) is 15.1. The van der Waals surface area contributed by atoms with Crippen molar-refractivity contribution < 1.29 is 18.7 Å². The van der Waals surface area contributed by atoms with E-state index in [-0.39, 0.29) is 24.1 Å². The van der Waals surface area contributed by atoms with E-state index in [1.807, 2.05) is 16.9 Å². The number of hydrogen-bond donors (Lipinski definition) is 1. The lowest BCUT2D eigenvalue weighted by Crippen LogP contribution is -2.24. The van der Waals surface area contributed by atoms with Crippen molar-refractivity contribution in [1.29, 1.82) is 0 Å². The molecule has 7 heteroatoms. The van der Waals surface area contributed by atoms with Gasteiger partial charge in [-0.15, -0.1) is 0 Å². The number of ether oxygens (including phenoxy) is 1. The Labute approximate surface area is 156 Å². The fraction of sp³-hybridized carbons (Fsp3) is 0.250. The molecule has 0 bridgehead atoms. The number of benzene rings is 1. The second-order valence-electron chi connectivity index (χ2n) is 6.01. The van der Waals surface area contributed by atoms with Crippen molar-refractivity contribution in [2.24, 2.45) is 0 Å². The van der Waals surface area contributed by atoms with Crippen LogP contribution in [0.2, 0.25) is 0 Å². The Balaban J connectivity index is 1.43. The van der Waals surface area contributed by atoms with Crippen LogP contribution in [0.25, 0.3) is 0 Å². The molecule has 0 aliphatic carbocycles. The number of hydrogen-bond acceptors (Lipinski definition) is 5. The van der Waals surface area contributed by atoms with E-state index in [4.69, 9.17) is 9.15 Å². The molecule has 3 rings (SSSR count). The van der Waals surface area contributed by atoms with Crippen LogP contribution in [0.5, 0.6) is 5.75 Å². The van der Waals surface area contributed by atoms with Crippen LogP contribution in [0.15, 0.2) is 59.3 Å². The highest BCUT2D eigenvalue weighted by molar-refractivity contribution is 5.94. The molecule has 0 aliphatic rings. The molecule has 3 aromatic rings. The molecule has 0 aliphatic heterocycles. The van der Waals surface area contributed by atoms with Gasteiger partial charge in [0.05, 0.1) is 0 Å². The summed E-state index contributed by atoms with van der Waals surface area (Å²) < 4.78 is 13.0. The van der Waals surface area contributed by atoms with Gasteiger partial charge in [-0.2, -0.15) is 5.10 Å². The van der Waals surface area contributed by atoms with Gasteiger partial charge in [0.2, 0.25) is 0 Å². The summed E-state index contributed by atoms with van der Waals surface area (Å²) in [6, 6.07) is 12.1. The Hall–Kier alpha value is -3.35. The van der Waals surface area contributed by atoms with E-state index < -0.39 is 0 Å². The number of aryl methyl sites for hydroxylation is 1. The third kappa shape index (κ3) is 5.31. The van der Waals surface area contributed by atoms with Crippen molar-refractivity contribution in [2.75, 3.05) is 6.54 Å². The maximum absolute atomic E-state index is 12.1. The normalized spacial score (nSPS) is 10.6. The number of furan rings is 1. The number of nitrogens with one attached hydrogen (secondary N) is 1. The van der Waals surface area contributed by atoms with Crippen LogP contribution in [-0.2, 0) is 13.2 Å². The molecule has 0 saturated carbocycles. The molecule has 0 saturated heterocycles. The second-order valence-corrected chi connectivity index (χ2v) is 6.01. The Morgan fingerprint density at radius 3 is 2.70 bits per heavy atom. The Morgan fingerprint density at radius 2 is 2.00 bits per heavy atom. The highest BCUT2D eigenvalue weighted by Crippen LogP contribution is 2.16. The lowest BCUT2D eigenvalue weighted by molar-refractivity contribution is 0.0920. The van der Waals surface area contributed by atoms with Crippen LogP contribution in [0, 0.1) is 0 Å². The molecule has 2 heterocycles. The van der Waals surface area contributed by atoms with Crippen molar-refractivity contribution in [2.45, 2.75) is 26.5 Å². The molecule has 0 radical (unpaired) electrons. The number of ketones is 1. The number of nitrogens with zero attached hydrogens (tertiary/aromatic N) is 2. The maximum atomic E-state index is 12.1. The first-order chi connectivity index (χ1) is 13.1. The summed E-state index contributed by atoms with van der Waals surface area (Å²) in [6.07, 6.45) is 4.39. The largest absolute Gasteiger partial charge is 0.486 e. The summed E-state index contributed by atoms with van der Waals surface area (Å²) in [5, 5.41) is 6.93. The number of carbonyl (C=O) groups is 2. The van der Waals surface area contributed by atoms with Gasteiger partial charge in [0.25, 0.3) is 5.91 Å². The smallest absolute Gasteiger partial charge is 0.286 e. The molecule has 0 atom stereocenters. The summed E-state index contributed by atoms with van der Waals surface area (Å²) in [4.78, 5) is 23.4. The Morgan fingerprint density at radius 1 is 1.19 bits per heavy atom. The fourth-order valence-electron chi connectivity index (χ4n) is 2.48. The lowest BCUT2D eigenvalue weighted by Gasteiger charge is -2.05. The van der Waals surface area contributed by atoms with Crippen molar-refractivity contribution in [3.05, 3.63) is 71.9 Å². The van der Waals surface area contributed by atoms with E-state index in [2.05, 4.69) is 10.4 Å². The zero-order valence-corrected chi connectivity index (χ0v) is 15.1. The quantitative estimate of drug-likeness (QED) is 0.464. The minimum Gasteiger partial charge on any atom is -0.486 e. The molecule has 140 valence electrons. The molecule has 7 nitrogen and oxygen atoms in total. The number of carbonyl (C=O) groups excluding carboxylic acids is 2. The average molecular weight is 367 g/mol. The summed E-state index contributed by atoms with van der Waals surface area (Å²) in [5.41, 5.74) is 0.631. The highest BCUT2D eigenvalue weighted by atomic mass is 16.5. The minimum absolute atomic E-state index is 0.00728. The maximum Gasteiger partial charge on any atom is 0.286 e. The standard InChI is InChI=1S/C20H21N3O4/c1-15(24)16-4-6-17(7-5-16)26-14-18-8-9-19(27-18)20(25)21-10-2-12-23-13-3-11-22-23/h3-9,11,13H,2,10,12,14H2,1H3,(H,21,25). The summed E-state index contributed by atoms with van der Waals surface area (Å²) in [5.74, 6) is 1.17. The van der Waals surface area contributed by atoms with Gasteiger partial charge in [-0.1, -0.05) is 0 Å². The topological polar surface area (TPSA) is 86.4 Å². The molecule has 1 aromatic carbocycles. The van der Waals surface area contributed by atoms with Gasteiger partial charge < -0.3 is 14.5 Å². The summed E-state index contributed by atoms with van der Waals surface area (Å²) in [6.45, 7) is 3.00. The van der Waals surface area contributed by atoms with Crippen LogP contribution in [0.1, 0.15) is 40.0 Å². The molecule has 1 amide bonds. The number of aromatic nitrogens is 2. The van der Waals surface area contributed by atoms with E-state index in [1.165, 1.54) is 6.92 Å². The van der Waals surface area contributed by atoms with Crippen LogP contribution >= 0.6 is 0 Å². The van der Waals surface area contributed by atoms with E-state index >= 15 is 0 Å². The van der Waals surface area contributed by atoms with E-state index in [0.717, 1.165) is 13.0 Å². The van der Waals surface area contributed by atoms with Crippen molar-refractivity contribution >= 4 is 11.7 Å². The average Bonchev–Trinajstić information content (AvgIpc) is 3.35. The first kappa shape index (κ1) is 18.4. The molecular weight excluding hydrogens is 346 g/mol. The molecule has 2 aromatic heterocycles. The number of Topliss-reactive ketones (excluding diaryl/α,β-unsaturated/α-hetero) is 1. The third-order valence-corrected chi connectivity index (χ3v) is 3.94. The van der Waals surface area contributed by atoms with Gasteiger partial charge >= 0.3 is 0 Å². The van der Waals surface area contributed by atoms with Gasteiger partial charge in [-0.05, 0) is 55.8 Å². The molecular formula is C20H21N3O4. The monoisotopic (exact) mass is 367 g/mol. The van der Waals surface area contributed by atoms with Gasteiger partial charge in [0.15, 0.2) is 11.5 Å². The van der Waals surface area contributed by atoms with Crippen LogP contribution in [0.3, 0.4) is 0 Å². The molecule has 0 unspecified atom stereocenters. The van der Waals surface area contributed by atoms with Crippen LogP contribution in [0.4, 0.5) is 0 Å². The fourth-order valence-corrected chi connectivity index (χ4v) is 2.48. The summed E-state index contributed by atoms with van der Waals surface area (Å²) >= 11 is 0. The summed E-state index contributed by atoms with van der Waals surface area (Å²) in [7, 11) is 0. The predicted molar refractivity (Wildman–Crippen MR) is 98.7 cm³/mol. The first-order valence-corrected chi connectivity index (χ1v) is 8.70. The molecule has 0 spiro atoms. The molecule has 1 N–H and O–H groups in total. The lowest BCUT2D eigenvalue weighted by atomic mass is 10.1. The Bertz CT molecular complexity index is 882. The van der Waals surface area contributed by atoms with Gasteiger partial charge in [-0.25, -0.2) is 0 Å². The van der Waals surface area contributed by atoms with Gasteiger partial charge in [0.1, 0.15) is 18.1 Å². The Kier molecular flexibility index (Phi) is 6.04. The third-order valence-electron chi connectivity index (χ3n) is 3.94. The predicted octanol–water partition coefficient (Wildman–Crippen LogP) is 3.08. The van der Waals surface area contributed by atoms with Crippen molar-refractivity contribution in [3.8, 4) is 5.75 Å². The van der Waals surface area contributed by atoms with Gasteiger partial charge in [-0.3, -0.25) is 14.3 Å². The highest BCUT2D eigenvalue weighted by Gasteiger charge is 2.11. The first-order valence-electron chi connectivity index (χ1n) is 8.70. The van der Waals surface area contributed by atoms with Crippen LogP contribution in [-0.4, -0.2) is 28.0 Å². The van der Waals surface area contributed by atoms with Gasteiger partial charge in [0, 0.05) is 31.0 Å². The van der Waals surface area contributed by atoms with Crippen LogP contribution < -0.4 is 10.1 Å². The van der Waals surface area contributed by atoms with E-state index in [9.17, 15) is 9.59 Å². The molecule has 27 heavy (non-hydrogen) atoms. The SMILES string of the molecule is CC(=O)c1ccc(OCc2ccc(C(=O)NCCCn3cccn3)o2)cc1. The molecule has 0 fully saturated rings. The van der Waals surface area contributed by atoms with E-state index in [0.29, 0.717) is 23.6 Å². The van der Waals surface area contributed by atoms with E-state index in [1.54, 1.807) is 42.6 Å². The second kappa shape index (κ2) is 8.84. The minimum atomic E-state index is -0.257. The van der Waals surface area contributed by atoms with Crippen molar-refractivity contribution in [3.63, 3.8) is 0 Å². The number of rotatable bonds is 9. The number of amides is 1. The zero-order chi connectivity index (χ0) is 19.1.